The molecule has 2 heterocycles. The number of thioether (sulfide) groups is 1. The Morgan fingerprint density at radius 2 is 1.83 bits per heavy atom. The minimum absolute atomic E-state index is 0.0951. The predicted octanol–water partition coefficient (Wildman–Crippen LogP) is 2.62. The molecular formula is C20H16N2O7S. The molecule has 2 aromatic carbocycles. The summed E-state index contributed by atoms with van der Waals surface area (Å²) < 4.78 is 5.26. The highest BCUT2D eigenvalue weighted by molar-refractivity contribution is 8.00. The highest BCUT2D eigenvalue weighted by atomic mass is 32.2. The molecule has 3 unspecified atom stereocenters. The smallest absolute Gasteiger partial charge is 0.382 e. The number of carboxylic acid groups (broad SMARTS) is 1. The lowest BCUT2D eigenvalue weighted by atomic mass is 10.00. The number of carbonyl (C=O) groups excluding carboxylic acids is 2. The predicted molar refractivity (Wildman–Crippen MR) is 105 cm³/mol. The molecule has 1 amide bonds. The van der Waals surface area contributed by atoms with E-state index in [-0.39, 0.29) is 28.8 Å². The number of carboxylic acids is 1. The summed E-state index contributed by atoms with van der Waals surface area (Å²) in [5, 5.41) is 19.9. The summed E-state index contributed by atoms with van der Waals surface area (Å²) in [5.74, 6) is -2.17. The second kappa shape index (κ2) is 7.79. The first kappa shape index (κ1) is 19.9. The van der Waals surface area contributed by atoms with Crippen LogP contribution in [-0.4, -0.2) is 44.2 Å². The van der Waals surface area contributed by atoms with E-state index >= 15 is 0 Å². The standard InChI is InChI=1S/C20H16N2O7S/c23-14-10-15-21(14)16(17(30-15)11-6-8-13(9-7-11)19(24)25)20(26)29-18(22(27)28)12-4-2-1-3-5-12/h1-9,15-18H,10H2,(H,24,25)/t15-,16?,17?,18?/m1/s1. The number of aromatic carboxylic acids is 1. The average Bonchev–Trinajstić information content (AvgIpc) is 3.05. The van der Waals surface area contributed by atoms with Gasteiger partial charge >= 0.3 is 18.2 Å². The molecule has 30 heavy (non-hydrogen) atoms. The Kier molecular flexibility index (Phi) is 5.17. The van der Waals surface area contributed by atoms with E-state index in [1.807, 2.05) is 0 Å². The largest absolute Gasteiger partial charge is 0.478 e. The maximum Gasteiger partial charge on any atom is 0.382 e. The van der Waals surface area contributed by atoms with Crippen molar-refractivity contribution in [2.45, 2.75) is 29.3 Å². The second-order valence-electron chi connectivity index (χ2n) is 6.87. The van der Waals surface area contributed by atoms with Gasteiger partial charge in [0.05, 0.1) is 33.1 Å². The monoisotopic (exact) mass is 428 g/mol. The third-order valence-corrected chi connectivity index (χ3v) is 6.60. The maximum atomic E-state index is 13.0. The third kappa shape index (κ3) is 3.50. The van der Waals surface area contributed by atoms with Gasteiger partial charge in [0, 0.05) is 0 Å². The molecule has 0 spiro atoms. The van der Waals surface area contributed by atoms with Crippen molar-refractivity contribution in [3.05, 3.63) is 81.4 Å². The number of nitrogens with zero attached hydrogens (tertiary/aromatic N) is 2. The quantitative estimate of drug-likeness (QED) is 0.245. The van der Waals surface area contributed by atoms with Crippen LogP contribution in [0.2, 0.25) is 0 Å². The molecule has 0 bridgehead atoms. The van der Waals surface area contributed by atoms with Crippen molar-refractivity contribution in [2.75, 3.05) is 0 Å². The number of nitro groups is 1. The highest BCUT2D eigenvalue weighted by Gasteiger charge is 2.56. The van der Waals surface area contributed by atoms with Crippen molar-refractivity contribution < 1.29 is 29.2 Å². The van der Waals surface area contributed by atoms with Crippen molar-refractivity contribution in [1.82, 2.24) is 4.90 Å². The van der Waals surface area contributed by atoms with Gasteiger partial charge < -0.3 is 14.7 Å². The van der Waals surface area contributed by atoms with Crippen LogP contribution < -0.4 is 0 Å². The van der Waals surface area contributed by atoms with Crippen molar-refractivity contribution >= 4 is 29.6 Å². The molecule has 2 aliphatic heterocycles. The van der Waals surface area contributed by atoms with Crippen LogP contribution in [0.5, 0.6) is 0 Å². The Balaban J connectivity index is 1.61. The van der Waals surface area contributed by atoms with Gasteiger partial charge in [-0.1, -0.05) is 30.3 Å². The molecule has 0 aromatic heterocycles. The number of amides is 1. The van der Waals surface area contributed by atoms with E-state index in [0.29, 0.717) is 5.56 Å². The molecule has 2 aromatic rings. The number of hydrogen-bond donors (Lipinski definition) is 1. The molecule has 154 valence electrons. The molecule has 4 rings (SSSR count). The van der Waals surface area contributed by atoms with Crippen LogP contribution in [0.3, 0.4) is 0 Å². The zero-order valence-corrected chi connectivity index (χ0v) is 16.2. The number of rotatable bonds is 6. The fourth-order valence-corrected chi connectivity index (χ4v) is 5.24. The van der Waals surface area contributed by atoms with Gasteiger partial charge in [-0.2, -0.15) is 0 Å². The summed E-state index contributed by atoms with van der Waals surface area (Å²) >= 11 is 1.39. The van der Waals surface area contributed by atoms with Gasteiger partial charge in [0.15, 0.2) is 0 Å². The van der Waals surface area contributed by atoms with E-state index in [0.717, 1.165) is 0 Å². The molecule has 1 N–H and O–H groups in total. The van der Waals surface area contributed by atoms with Gasteiger partial charge in [0.25, 0.3) is 0 Å². The van der Waals surface area contributed by atoms with Crippen molar-refractivity contribution in [2.24, 2.45) is 0 Å². The van der Waals surface area contributed by atoms with E-state index in [9.17, 15) is 24.5 Å². The van der Waals surface area contributed by atoms with E-state index < -0.39 is 34.4 Å². The number of benzene rings is 2. The van der Waals surface area contributed by atoms with Gasteiger partial charge in [0.2, 0.25) is 5.91 Å². The van der Waals surface area contributed by atoms with Gasteiger partial charge in [-0.05, 0) is 29.8 Å². The number of fused-ring (bicyclic) bond motifs is 1. The number of hydrogen-bond acceptors (Lipinski definition) is 7. The van der Waals surface area contributed by atoms with Crippen LogP contribution in [0.4, 0.5) is 0 Å². The summed E-state index contributed by atoms with van der Waals surface area (Å²) in [6.45, 7) is 0. The van der Waals surface area contributed by atoms with Gasteiger partial charge in [-0.3, -0.25) is 14.9 Å². The van der Waals surface area contributed by atoms with Crippen LogP contribution in [0, 0.1) is 10.1 Å². The zero-order valence-electron chi connectivity index (χ0n) is 15.4. The van der Waals surface area contributed by atoms with Crippen molar-refractivity contribution in [3.8, 4) is 0 Å². The average molecular weight is 428 g/mol. The molecule has 2 fully saturated rings. The molecule has 4 atom stereocenters. The molecule has 2 saturated heterocycles. The minimum Gasteiger partial charge on any atom is -0.478 e. The maximum absolute atomic E-state index is 13.0. The number of esters is 1. The Morgan fingerprint density at radius 3 is 2.40 bits per heavy atom. The fraction of sp³-hybridized carbons (Fsp3) is 0.250. The Morgan fingerprint density at radius 1 is 1.17 bits per heavy atom. The number of β-lactam (4-membered cyclic amide) rings is 1. The summed E-state index contributed by atoms with van der Waals surface area (Å²) in [6.07, 6.45) is -1.41. The normalized spacial score (nSPS) is 23.3. The Hall–Kier alpha value is -3.40. The van der Waals surface area contributed by atoms with Crippen LogP contribution in [0.1, 0.15) is 39.4 Å². The van der Waals surface area contributed by atoms with E-state index in [2.05, 4.69) is 0 Å². The molecule has 2 aliphatic rings. The Bertz CT molecular complexity index is 1010. The number of carbonyl (C=O) groups is 3. The van der Waals surface area contributed by atoms with Crippen molar-refractivity contribution in [1.29, 1.82) is 0 Å². The Labute approximate surface area is 174 Å². The minimum atomic E-state index is -1.69. The summed E-state index contributed by atoms with van der Waals surface area (Å²) in [6, 6.07) is 12.9. The molecule has 0 saturated carbocycles. The lowest BCUT2D eigenvalue weighted by Gasteiger charge is -2.36. The lowest BCUT2D eigenvalue weighted by molar-refractivity contribution is -0.576. The molecular weight excluding hydrogens is 412 g/mol. The van der Waals surface area contributed by atoms with Gasteiger partial charge in [0.1, 0.15) is 6.04 Å². The van der Waals surface area contributed by atoms with Crippen LogP contribution in [0.25, 0.3) is 0 Å². The first-order valence-corrected chi connectivity index (χ1v) is 10.00. The van der Waals surface area contributed by atoms with Gasteiger partial charge in [-0.15, -0.1) is 11.8 Å². The van der Waals surface area contributed by atoms with E-state index in [1.165, 1.54) is 40.9 Å². The van der Waals surface area contributed by atoms with Crippen molar-refractivity contribution in [3.63, 3.8) is 0 Å². The number of ether oxygens (including phenoxy) is 1. The first-order chi connectivity index (χ1) is 14.4. The summed E-state index contributed by atoms with van der Waals surface area (Å²) in [7, 11) is 0. The summed E-state index contributed by atoms with van der Waals surface area (Å²) in [4.78, 5) is 48.4. The van der Waals surface area contributed by atoms with E-state index in [1.54, 1.807) is 30.3 Å². The van der Waals surface area contributed by atoms with Gasteiger partial charge in [-0.25, -0.2) is 9.59 Å². The lowest BCUT2D eigenvalue weighted by Crippen LogP contribution is -2.55. The van der Waals surface area contributed by atoms with Crippen LogP contribution in [0.15, 0.2) is 54.6 Å². The molecule has 10 heteroatoms. The third-order valence-electron chi connectivity index (χ3n) is 5.07. The van der Waals surface area contributed by atoms with Crippen LogP contribution in [-0.2, 0) is 14.3 Å². The first-order valence-electron chi connectivity index (χ1n) is 9.05. The highest BCUT2D eigenvalue weighted by Crippen LogP contribution is 2.52. The molecule has 0 aliphatic carbocycles. The fourth-order valence-electron chi connectivity index (χ4n) is 3.58. The van der Waals surface area contributed by atoms with Crippen LogP contribution >= 0.6 is 11.8 Å². The summed E-state index contributed by atoms with van der Waals surface area (Å²) in [5.41, 5.74) is 0.958. The molecule has 9 nitrogen and oxygen atoms in total. The topological polar surface area (TPSA) is 127 Å². The molecule has 0 radical (unpaired) electrons. The zero-order chi connectivity index (χ0) is 21.4. The SMILES string of the molecule is O=C(O)c1ccc(C2S[C@@H]3CC(=O)N3C2C(=O)OC(c2ccccc2)[N+](=O)[O-])cc1. The second-order valence-corrected chi connectivity index (χ2v) is 8.20. The van der Waals surface area contributed by atoms with E-state index in [4.69, 9.17) is 9.84 Å².